The van der Waals surface area contributed by atoms with E-state index in [1.807, 2.05) is 31.3 Å². The van der Waals surface area contributed by atoms with E-state index in [0.29, 0.717) is 0 Å². The second-order valence-electron chi connectivity index (χ2n) is 4.00. The van der Waals surface area contributed by atoms with Gasteiger partial charge in [-0.2, -0.15) is 0 Å². The first-order chi connectivity index (χ1) is 7.13. The zero-order valence-corrected chi connectivity index (χ0v) is 9.77. The topological polar surface area (TPSA) is 55.0 Å². The van der Waals surface area contributed by atoms with Gasteiger partial charge in [0.1, 0.15) is 0 Å². The van der Waals surface area contributed by atoms with Crippen molar-refractivity contribution in [3.8, 4) is 0 Å². The van der Waals surface area contributed by atoms with E-state index in [-0.39, 0.29) is 6.04 Å². The van der Waals surface area contributed by atoms with E-state index in [1.165, 1.54) is 5.56 Å². The average Bonchev–Trinajstić information content (AvgIpc) is 2.18. The fourth-order valence-electron chi connectivity index (χ4n) is 1.48. The molecule has 0 fully saturated rings. The van der Waals surface area contributed by atoms with E-state index in [1.54, 1.807) is 0 Å². The molecule has 1 atom stereocenters. The summed E-state index contributed by atoms with van der Waals surface area (Å²) in [6.07, 6.45) is 5.95. The van der Waals surface area contributed by atoms with Crippen LogP contribution in [0.1, 0.15) is 25.8 Å². The lowest BCUT2D eigenvalue weighted by molar-refractivity contribution is 0.703. The summed E-state index contributed by atoms with van der Waals surface area (Å²) in [5.41, 5.74) is 6.90. The number of hydrogen-bond acceptors (Lipinski definition) is 4. The van der Waals surface area contributed by atoms with E-state index in [0.717, 1.165) is 25.3 Å². The summed E-state index contributed by atoms with van der Waals surface area (Å²) < 4.78 is 0. The number of likely N-dealkylation sites (N-methyl/N-ethyl adjacent to an activating group) is 1. The minimum atomic E-state index is 0.133. The van der Waals surface area contributed by atoms with E-state index in [9.17, 15) is 0 Å². The van der Waals surface area contributed by atoms with Crippen molar-refractivity contribution < 1.29 is 0 Å². The van der Waals surface area contributed by atoms with Gasteiger partial charge in [-0.25, -0.2) is 9.97 Å². The van der Waals surface area contributed by atoms with Crippen LogP contribution in [-0.4, -0.2) is 29.6 Å². The Bertz CT molecular complexity index is 281. The molecule has 84 valence electrons. The first-order valence-corrected chi connectivity index (χ1v) is 5.41. The summed E-state index contributed by atoms with van der Waals surface area (Å²) in [5, 5.41) is 0. The summed E-state index contributed by atoms with van der Waals surface area (Å²) >= 11 is 0. The Balaban J connectivity index is 2.62. The molecule has 0 aliphatic heterocycles. The molecule has 0 aliphatic rings. The van der Waals surface area contributed by atoms with Gasteiger partial charge in [0.05, 0.1) is 0 Å². The number of aryl methyl sites for hydroxylation is 1. The van der Waals surface area contributed by atoms with Crippen molar-refractivity contribution in [3.63, 3.8) is 0 Å². The molecule has 0 spiro atoms. The molecule has 0 aliphatic carbocycles. The van der Waals surface area contributed by atoms with Crippen LogP contribution >= 0.6 is 0 Å². The standard InChI is InChI=1S/C11H20N4/c1-4-5-10-6-13-11(14-7-10)15(3)8-9(2)12/h6-7,9H,4-5,8,12H2,1-3H3. The Hall–Kier alpha value is -1.16. The summed E-state index contributed by atoms with van der Waals surface area (Å²) in [6, 6.07) is 0.133. The molecule has 0 amide bonds. The van der Waals surface area contributed by atoms with Crippen molar-refractivity contribution in [1.82, 2.24) is 9.97 Å². The van der Waals surface area contributed by atoms with Crippen LogP contribution in [0.3, 0.4) is 0 Å². The lowest BCUT2D eigenvalue weighted by Crippen LogP contribution is -2.33. The van der Waals surface area contributed by atoms with Crippen LogP contribution in [0.5, 0.6) is 0 Å². The maximum atomic E-state index is 5.71. The van der Waals surface area contributed by atoms with Crippen LogP contribution in [-0.2, 0) is 6.42 Å². The molecule has 4 heteroatoms. The Morgan fingerprint density at radius 2 is 2.00 bits per heavy atom. The summed E-state index contributed by atoms with van der Waals surface area (Å²) in [4.78, 5) is 10.6. The molecule has 1 unspecified atom stereocenters. The molecule has 1 rings (SSSR count). The molecule has 1 aromatic rings. The maximum absolute atomic E-state index is 5.71. The third kappa shape index (κ3) is 3.83. The van der Waals surface area contributed by atoms with Crippen molar-refractivity contribution in [1.29, 1.82) is 0 Å². The summed E-state index contributed by atoms with van der Waals surface area (Å²) in [7, 11) is 1.96. The minimum Gasteiger partial charge on any atom is -0.342 e. The van der Waals surface area contributed by atoms with Crippen LogP contribution in [0.15, 0.2) is 12.4 Å². The third-order valence-electron chi connectivity index (χ3n) is 2.13. The van der Waals surface area contributed by atoms with Gasteiger partial charge in [-0.15, -0.1) is 0 Å². The van der Waals surface area contributed by atoms with Gasteiger partial charge < -0.3 is 10.6 Å². The predicted molar refractivity (Wildman–Crippen MR) is 62.9 cm³/mol. The van der Waals surface area contributed by atoms with Crippen LogP contribution in [0.4, 0.5) is 5.95 Å². The predicted octanol–water partition coefficient (Wildman–Crippen LogP) is 1.21. The maximum Gasteiger partial charge on any atom is 0.225 e. The lowest BCUT2D eigenvalue weighted by Gasteiger charge is -2.18. The number of nitrogens with two attached hydrogens (primary N) is 1. The Morgan fingerprint density at radius 3 is 2.47 bits per heavy atom. The number of aromatic nitrogens is 2. The van der Waals surface area contributed by atoms with Crippen molar-refractivity contribution >= 4 is 5.95 Å². The van der Waals surface area contributed by atoms with Gasteiger partial charge in [-0.1, -0.05) is 13.3 Å². The van der Waals surface area contributed by atoms with Gasteiger partial charge in [-0.05, 0) is 18.9 Å². The SMILES string of the molecule is CCCc1cnc(N(C)CC(C)N)nc1. The molecular formula is C11H20N4. The third-order valence-corrected chi connectivity index (χ3v) is 2.13. The second kappa shape index (κ2) is 5.66. The van der Waals surface area contributed by atoms with Gasteiger partial charge in [0.15, 0.2) is 0 Å². The van der Waals surface area contributed by atoms with Crippen LogP contribution in [0.25, 0.3) is 0 Å². The van der Waals surface area contributed by atoms with E-state index in [4.69, 9.17) is 5.73 Å². The van der Waals surface area contributed by atoms with Gasteiger partial charge in [0.25, 0.3) is 0 Å². The molecule has 0 radical (unpaired) electrons. The van der Waals surface area contributed by atoms with Crippen LogP contribution in [0.2, 0.25) is 0 Å². The Kier molecular flexibility index (Phi) is 4.49. The minimum absolute atomic E-state index is 0.133. The zero-order chi connectivity index (χ0) is 11.3. The van der Waals surface area contributed by atoms with Gasteiger partial charge in [-0.3, -0.25) is 0 Å². The van der Waals surface area contributed by atoms with E-state index >= 15 is 0 Å². The molecule has 4 nitrogen and oxygen atoms in total. The second-order valence-corrected chi connectivity index (χ2v) is 4.00. The number of hydrogen-bond donors (Lipinski definition) is 1. The van der Waals surface area contributed by atoms with E-state index < -0.39 is 0 Å². The molecule has 0 saturated heterocycles. The van der Waals surface area contributed by atoms with Crippen LogP contribution in [0, 0.1) is 0 Å². The zero-order valence-electron chi connectivity index (χ0n) is 9.77. The number of rotatable bonds is 5. The first-order valence-electron chi connectivity index (χ1n) is 5.41. The average molecular weight is 208 g/mol. The molecule has 1 aromatic heterocycles. The first kappa shape index (κ1) is 11.9. The molecule has 1 heterocycles. The number of nitrogens with zero attached hydrogens (tertiary/aromatic N) is 3. The summed E-state index contributed by atoms with van der Waals surface area (Å²) in [5.74, 6) is 0.743. The van der Waals surface area contributed by atoms with Crippen molar-refractivity contribution in [2.45, 2.75) is 32.7 Å². The summed E-state index contributed by atoms with van der Waals surface area (Å²) in [6.45, 7) is 4.89. The van der Waals surface area contributed by atoms with Gasteiger partial charge >= 0.3 is 0 Å². The monoisotopic (exact) mass is 208 g/mol. The quantitative estimate of drug-likeness (QED) is 0.790. The molecular weight excluding hydrogens is 188 g/mol. The highest BCUT2D eigenvalue weighted by Gasteiger charge is 2.05. The van der Waals surface area contributed by atoms with Gasteiger partial charge in [0.2, 0.25) is 5.95 Å². The van der Waals surface area contributed by atoms with Gasteiger partial charge in [0, 0.05) is 32.0 Å². The fraction of sp³-hybridized carbons (Fsp3) is 0.636. The largest absolute Gasteiger partial charge is 0.342 e. The Morgan fingerprint density at radius 1 is 1.40 bits per heavy atom. The highest BCUT2D eigenvalue weighted by molar-refractivity contribution is 5.28. The highest BCUT2D eigenvalue weighted by atomic mass is 15.2. The molecule has 2 N–H and O–H groups in total. The van der Waals surface area contributed by atoms with Crippen molar-refractivity contribution in [2.24, 2.45) is 5.73 Å². The molecule has 0 aromatic carbocycles. The fourth-order valence-corrected chi connectivity index (χ4v) is 1.48. The smallest absolute Gasteiger partial charge is 0.225 e. The van der Waals surface area contributed by atoms with E-state index in [2.05, 4.69) is 16.9 Å². The van der Waals surface area contributed by atoms with Crippen molar-refractivity contribution in [2.75, 3.05) is 18.5 Å². The number of anilines is 1. The van der Waals surface area contributed by atoms with Crippen molar-refractivity contribution in [3.05, 3.63) is 18.0 Å². The normalized spacial score (nSPS) is 12.5. The Labute approximate surface area is 91.5 Å². The highest BCUT2D eigenvalue weighted by Crippen LogP contribution is 2.06. The molecule has 0 saturated carbocycles. The van der Waals surface area contributed by atoms with Crippen LogP contribution < -0.4 is 10.6 Å². The lowest BCUT2D eigenvalue weighted by atomic mass is 10.2. The molecule has 0 bridgehead atoms. The molecule has 15 heavy (non-hydrogen) atoms.